The normalized spacial score (nSPS) is 10.7. The Bertz CT molecular complexity index is 1220. The number of ether oxygens (including phenoxy) is 1. The van der Waals surface area contributed by atoms with Gasteiger partial charge in [-0.1, -0.05) is 41.6 Å². The molecular weight excluding hydrogens is 426 g/mol. The molecule has 0 fully saturated rings. The largest absolute Gasteiger partial charge is 0.465 e. The van der Waals surface area contributed by atoms with E-state index >= 15 is 0 Å². The summed E-state index contributed by atoms with van der Waals surface area (Å²) in [5, 5.41) is 12.1. The van der Waals surface area contributed by atoms with E-state index in [1.54, 1.807) is 24.3 Å². The Hall–Kier alpha value is -3.85. The van der Waals surface area contributed by atoms with E-state index in [-0.39, 0.29) is 11.7 Å². The lowest BCUT2D eigenvalue weighted by atomic mass is 10.1. The molecule has 2 aromatic carbocycles. The first-order chi connectivity index (χ1) is 15.5. The molecule has 0 aliphatic carbocycles. The number of anilines is 1. The summed E-state index contributed by atoms with van der Waals surface area (Å²) >= 11 is 1.29. The Morgan fingerprint density at radius 1 is 1.00 bits per heavy atom. The van der Waals surface area contributed by atoms with Crippen LogP contribution < -0.4 is 5.32 Å². The first-order valence-electron chi connectivity index (χ1n) is 9.82. The van der Waals surface area contributed by atoms with Gasteiger partial charge in [-0.3, -0.25) is 9.47 Å². The van der Waals surface area contributed by atoms with Crippen molar-refractivity contribution in [3.05, 3.63) is 84.2 Å². The van der Waals surface area contributed by atoms with E-state index in [4.69, 9.17) is 0 Å². The highest BCUT2D eigenvalue weighted by molar-refractivity contribution is 7.99. The van der Waals surface area contributed by atoms with Crippen molar-refractivity contribution in [1.82, 2.24) is 19.5 Å². The number of esters is 1. The molecule has 2 heterocycles. The summed E-state index contributed by atoms with van der Waals surface area (Å²) in [5.41, 5.74) is 3.10. The fourth-order valence-electron chi connectivity index (χ4n) is 3.04. The molecule has 0 saturated carbocycles. The number of carbonyl (C=O) groups excluding carboxylic acids is 2. The van der Waals surface area contributed by atoms with E-state index in [0.29, 0.717) is 22.2 Å². The molecule has 2 aromatic heterocycles. The molecule has 9 heteroatoms. The van der Waals surface area contributed by atoms with E-state index in [2.05, 4.69) is 20.3 Å². The zero-order chi connectivity index (χ0) is 22.5. The van der Waals surface area contributed by atoms with Crippen molar-refractivity contribution in [1.29, 1.82) is 0 Å². The molecule has 0 atom stereocenters. The maximum absolute atomic E-state index is 12.5. The zero-order valence-corrected chi connectivity index (χ0v) is 18.4. The van der Waals surface area contributed by atoms with Crippen LogP contribution in [0.3, 0.4) is 0 Å². The lowest BCUT2D eigenvalue weighted by Gasteiger charge is -2.11. The third-order valence-electron chi connectivity index (χ3n) is 4.66. The van der Waals surface area contributed by atoms with Gasteiger partial charge >= 0.3 is 5.97 Å². The molecule has 4 aromatic rings. The van der Waals surface area contributed by atoms with Crippen molar-refractivity contribution in [2.75, 3.05) is 18.2 Å². The molecule has 4 rings (SSSR count). The van der Waals surface area contributed by atoms with Crippen LogP contribution in [0, 0.1) is 6.92 Å². The van der Waals surface area contributed by atoms with Gasteiger partial charge in [0.1, 0.15) is 0 Å². The first-order valence-corrected chi connectivity index (χ1v) is 10.8. The number of nitrogens with zero attached hydrogens (tertiary/aromatic N) is 4. The number of thioether (sulfide) groups is 1. The van der Waals surface area contributed by atoms with Crippen LogP contribution in [0.25, 0.3) is 11.4 Å². The summed E-state index contributed by atoms with van der Waals surface area (Å²) in [4.78, 5) is 24.0. The third-order valence-corrected chi connectivity index (χ3v) is 5.58. The van der Waals surface area contributed by atoms with Gasteiger partial charge in [0.2, 0.25) is 11.1 Å². The van der Waals surface area contributed by atoms with Gasteiger partial charge in [-0.05, 0) is 43.3 Å². The fraction of sp³-hybridized carbons (Fsp3) is 0.130. The van der Waals surface area contributed by atoms with Crippen molar-refractivity contribution in [3.8, 4) is 11.4 Å². The summed E-state index contributed by atoms with van der Waals surface area (Å²) in [7, 11) is 1.33. The Kier molecular flexibility index (Phi) is 6.37. The second-order valence-corrected chi connectivity index (χ2v) is 7.90. The lowest BCUT2D eigenvalue weighted by molar-refractivity contribution is -0.113. The highest BCUT2D eigenvalue weighted by atomic mass is 32.2. The number of amides is 1. The number of rotatable bonds is 7. The Morgan fingerprint density at radius 3 is 2.34 bits per heavy atom. The van der Waals surface area contributed by atoms with Gasteiger partial charge in [0, 0.05) is 23.6 Å². The average molecular weight is 448 g/mol. The maximum Gasteiger partial charge on any atom is 0.337 e. The minimum absolute atomic E-state index is 0.145. The number of methoxy groups -OCH3 is 1. The molecule has 1 amide bonds. The van der Waals surface area contributed by atoms with Crippen molar-refractivity contribution in [2.45, 2.75) is 12.1 Å². The summed E-state index contributed by atoms with van der Waals surface area (Å²) < 4.78 is 8.42. The van der Waals surface area contributed by atoms with E-state index < -0.39 is 5.97 Å². The minimum atomic E-state index is -0.424. The van der Waals surface area contributed by atoms with Crippen molar-refractivity contribution in [2.24, 2.45) is 0 Å². The number of hydrogen-bond donors (Lipinski definition) is 1. The average Bonchev–Trinajstić information content (AvgIpc) is 3.48. The van der Waals surface area contributed by atoms with Crippen LogP contribution in [0.5, 0.6) is 0 Å². The summed E-state index contributed by atoms with van der Waals surface area (Å²) in [6.45, 7) is 2.03. The van der Waals surface area contributed by atoms with E-state index in [9.17, 15) is 9.59 Å². The van der Waals surface area contributed by atoms with Crippen molar-refractivity contribution in [3.63, 3.8) is 0 Å². The fourth-order valence-corrected chi connectivity index (χ4v) is 3.77. The van der Waals surface area contributed by atoms with Crippen LogP contribution >= 0.6 is 11.8 Å². The summed E-state index contributed by atoms with van der Waals surface area (Å²) in [6, 6.07) is 18.4. The smallest absolute Gasteiger partial charge is 0.337 e. The molecule has 0 saturated heterocycles. The van der Waals surface area contributed by atoms with Gasteiger partial charge in [-0.15, -0.1) is 10.2 Å². The van der Waals surface area contributed by atoms with Crippen LogP contribution in [0.4, 0.5) is 5.69 Å². The van der Waals surface area contributed by atoms with Crippen LogP contribution in [-0.2, 0) is 9.53 Å². The summed E-state index contributed by atoms with van der Waals surface area (Å²) in [6.07, 6.45) is 3.79. The monoisotopic (exact) mass is 447 g/mol. The first kappa shape index (κ1) is 21.4. The quantitative estimate of drug-likeness (QED) is 0.341. The van der Waals surface area contributed by atoms with Gasteiger partial charge in [0.15, 0.2) is 5.82 Å². The molecule has 0 unspecified atom stereocenters. The van der Waals surface area contributed by atoms with Gasteiger partial charge < -0.3 is 10.1 Å². The topological polar surface area (TPSA) is 91.0 Å². The number of aromatic nitrogens is 4. The highest BCUT2D eigenvalue weighted by Crippen LogP contribution is 2.25. The number of aryl methyl sites for hydroxylation is 1. The van der Waals surface area contributed by atoms with E-state index in [0.717, 1.165) is 11.1 Å². The second-order valence-electron chi connectivity index (χ2n) is 6.95. The standard InChI is InChI=1S/C23H21N5O3S/c1-16-5-7-17(8-6-16)21-25-26-23(28(21)27-13-3-4-14-27)32-15-20(29)24-19-11-9-18(10-12-19)22(30)31-2/h3-14H,15H2,1-2H3,(H,24,29). The SMILES string of the molecule is COC(=O)c1ccc(NC(=O)CSc2nnc(-c3ccc(C)cc3)n2-n2cccc2)cc1. The molecule has 0 aliphatic rings. The maximum atomic E-state index is 12.5. The zero-order valence-electron chi connectivity index (χ0n) is 17.6. The number of benzene rings is 2. The number of carbonyl (C=O) groups is 2. The molecule has 8 nitrogen and oxygen atoms in total. The Labute approximate surface area is 189 Å². The predicted molar refractivity (Wildman–Crippen MR) is 123 cm³/mol. The van der Waals surface area contributed by atoms with Gasteiger partial charge in [-0.2, -0.15) is 0 Å². The van der Waals surface area contributed by atoms with Gasteiger partial charge in [0.25, 0.3) is 0 Å². The van der Waals surface area contributed by atoms with E-state index in [1.807, 2.05) is 65.1 Å². The minimum Gasteiger partial charge on any atom is -0.465 e. The Balaban J connectivity index is 1.49. The molecule has 0 bridgehead atoms. The van der Waals surface area contributed by atoms with Crippen LogP contribution in [0.2, 0.25) is 0 Å². The van der Waals surface area contributed by atoms with Gasteiger partial charge in [0.05, 0.1) is 18.4 Å². The van der Waals surface area contributed by atoms with Crippen LogP contribution in [0.1, 0.15) is 15.9 Å². The van der Waals surface area contributed by atoms with Crippen molar-refractivity contribution < 1.29 is 14.3 Å². The molecule has 1 N–H and O–H groups in total. The molecule has 162 valence electrons. The molecule has 32 heavy (non-hydrogen) atoms. The molecular formula is C23H21N5O3S. The lowest BCUT2D eigenvalue weighted by Crippen LogP contribution is -2.16. The van der Waals surface area contributed by atoms with Crippen LogP contribution in [0.15, 0.2) is 78.2 Å². The Morgan fingerprint density at radius 2 is 1.69 bits per heavy atom. The predicted octanol–water partition coefficient (Wildman–Crippen LogP) is 3.88. The third kappa shape index (κ3) is 4.73. The van der Waals surface area contributed by atoms with Gasteiger partial charge in [-0.25, -0.2) is 9.47 Å². The van der Waals surface area contributed by atoms with E-state index in [1.165, 1.54) is 18.9 Å². The van der Waals surface area contributed by atoms with Crippen molar-refractivity contribution >= 4 is 29.3 Å². The van der Waals surface area contributed by atoms with Crippen LogP contribution in [-0.4, -0.2) is 44.3 Å². The number of hydrogen-bond acceptors (Lipinski definition) is 6. The second kappa shape index (κ2) is 9.52. The molecule has 0 radical (unpaired) electrons. The molecule has 0 aliphatic heterocycles. The summed E-state index contributed by atoms with van der Waals surface area (Å²) in [5.74, 6) is 0.209. The molecule has 0 spiro atoms. The number of nitrogens with one attached hydrogen (secondary N) is 1. The highest BCUT2D eigenvalue weighted by Gasteiger charge is 2.17.